The highest BCUT2D eigenvalue weighted by molar-refractivity contribution is 6.04. The lowest BCUT2D eigenvalue weighted by molar-refractivity contribution is -0.384. The zero-order chi connectivity index (χ0) is 16.1. The molecule has 0 atom stereocenters. The molecule has 0 radical (unpaired) electrons. The van der Waals surface area contributed by atoms with E-state index in [9.17, 15) is 23.7 Å². The number of carbonyl (C=O) groups excluding carboxylic acids is 1. The minimum atomic E-state index is -2.93. The molecule has 22 heavy (non-hydrogen) atoms. The molecular weight excluding hydrogens is 298 g/mol. The van der Waals surface area contributed by atoms with Crippen molar-refractivity contribution >= 4 is 17.3 Å². The maximum absolute atomic E-state index is 12.0. The lowest BCUT2D eigenvalue weighted by atomic mass is 10.2. The van der Waals surface area contributed by atoms with Gasteiger partial charge in [-0.2, -0.15) is 8.78 Å². The molecule has 114 valence electrons. The summed E-state index contributed by atoms with van der Waals surface area (Å²) in [5.74, 6) is -0.588. The van der Waals surface area contributed by atoms with Gasteiger partial charge in [-0.25, -0.2) is 0 Å². The number of nitrogens with zero attached hydrogens (tertiary/aromatic N) is 1. The van der Waals surface area contributed by atoms with Crippen LogP contribution in [0.2, 0.25) is 0 Å². The molecule has 0 aliphatic rings. The molecule has 0 aliphatic heterocycles. The Balaban J connectivity index is 2.08. The topological polar surface area (TPSA) is 81.5 Å². The first-order chi connectivity index (χ1) is 10.5. The van der Waals surface area contributed by atoms with Crippen molar-refractivity contribution < 1.29 is 23.2 Å². The van der Waals surface area contributed by atoms with Gasteiger partial charge < -0.3 is 10.1 Å². The Labute approximate surface area is 123 Å². The fourth-order valence-electron chi connectivity index (χ4n) is 1.68. The molecule has 0 bridgehead atoms. The number of alkyl halides is 2. The molecule has 6 nitrogen and oxygen atoms in total. The van der Waals surface area contributed by atoms with Gasteiger partial charge in [0.05, 0.1) is 4.92 Å². The van der Waals surface area contributed by atoms with Crippen LogP contribution in [0, 0.1) is 10.1 Å². The monoisotopic (exact) mass is 308 g/mol. The molecule has 0 spiro atoms. The zero-order valence-corrected chi connectivity index (χ0v) is 11.0. The van der Waals surface area contributed by atoms with Crippen LogP contribution in [-0.2, 0) is 0 Å². The van der Waals surface area contributed by atoms with E-state index in [0.29, 0.717) is 5.69 Å². The Kier molecular flexibility index (Phi) is 4.62. The summed E-state index contributed by atoms with van der Waals surface area (Å²) in [5.41, 5.74) is 0.258. The first-order valence-corrected chi connectivity index (χ1v) is 6.06. The smallest absolute Gasteiger partial charge is 0.387 e. The van der Waals surface area contributed by atoms with Crippen LogP contribution in [0.4, 0.5) is 20.2 Å². The number of benzene rings is 2. The van der Waals surface area contributed by atoms with Gasteiger partial charge in [0.15, 0.2) is 0 Å². The van der Waals surface area contributed by atoms with E-state index in [1.165, 1.54) is 42.5 Å². The fraction of sp³-hybridized carbons (Fsp3) is 0.0714. The number of hydrogen-bond donors (Lipinski definition) is 1. The molecule has 8 heteroatoms. The standard InChI is InChI=1S/C14H10F2N2O4/c15-14(16)22-12-6-4-10(5-7-12)17-13(19)9-2-1-3-11(8-9)18(20)21/h1-8,14H,(H,17,19). The molecule has 0 fully saturated rings. The number of halogens is 2. The summed E-state index contributed by atoms with van der Waals surface area (Å²) in [6.07, 6.45) is 0. The molecule has 2 aromatic carbocycles. The van der Waals surface area contributed by atoms with Gasteiger partial charge >= 0.3 is 6.61 Å². The largest absolute Gasteiger partial charge is 0.435 e. The summed E-state index contributed by atoms with van der Waals surface area (Å²) >= 11 is 0. The van der Waals surface area contributed by atoms with E-state index in [4.69, 9.17) is 0 Å². The lowest BCUT2D eigenvalue weighted by Crippen LogP contribution is -2.12. The predicted molar refractivity (Wildman–Crippen MR) is 74.1 cm³/mol. The Morgan fingerprint density at radius 1 is 1.18 bits per heavy atom. The number of amides is 1. The molecule has 0 heterocycles. The summed E-state index contributed by atoms with van der Waals surface area (Å²) in [6.45, 7) is -2.93. The molecule has 0 saturated heterocycles. The van der Waals surface area contributed by atoms with Crippen molar-refractivity contribution in [2.75, 3.05) is 5.32 Å². The van der Waals surface area contributed by atoms with E-state index < -0.39 is 17.4 Å². The molecule has 0 unspecified atom stereocenters. The van der Waals surface area contributed by atoms with E-state index in [0.717, 1.165) is 6.07 Å². The van der Waals surface area contributed by atoms with E-state index >= 15 is 0 Å². The fourth-order valence-corrected chi connectivity index (χ4v) is 1.68. The number of ether oxygens (including phenoxy) is 1. The van der Waals surface area contributed by atoms with Crippen molar-refractivity contribution in [3.05, 3.63) is 64.2 Å². The second-order valence-electron chi connectivity index (χ2n) is 4.16. The number of carbonyl (C=O) groups is 1. The molecule has 1 N–H and O–H groups in total. The minimum Gasteiger partial charge on any atom is -0.435 e. The average molecular weight is 308 g/mol. The van der Waals surface area contributed by atoms with E-state index in [2.05, 4.69) is 10.1 Å². The predicted octanol–water partition coefficient (Wildman–Crippen LogP) is 3.45. The van der Waals surface area contributed by atoms with Crippen LogP contribution in [0.5, 0.6) is 5.75 Å². The van der Waals surface area contributed by atoms with Gasteiger partial charge in [-0.3, -0.25) is 14.9 Å². The Bertz CT molecular complexity index is 689. The summed E-state index contributed by atoms with van der Waals surface area (Å²) < 4.78 is 28.2. The summed E-state index contributed by atoms with van der Waals surface area (Å²) in [5, 5.41) is 13.2. The first-order valence-electron chi connectivity index (χ1n) is 6.06. The summed E-state index contributed by atoms with van der Waals surface area (Å²) in [4.78, 5) is 22.0. The Morgan fingerprint density at radius 3 is 2.45 bits per heavy atom. The van der Waals surface area contributed by atoms with Crippen molar-refractivity contribution in [2.45, 2.75) is 6.61 Å². The van der Waals surface area contributed by atoms with E-state index in [1.54, 1.807) is 0 Å². The summed E-state index contributed by atoms with van der Waals surface area (Å²) in [6, 6.07) is 10.5. The van der Waals surface area contributed by atoms with Crippen LogP contribution in [0.15, 0.2) is 48.5 Å². The number of nitro benzene ring substituents is 1. The van der Waals surface area contributed by atoms with Crippen LogP contribution in [0.1, 0.15) is 10.4 Å². The van der Waals surface area contributed by atoms with Crippen molar-refractivity contribution in [1.29, 1.82) is 0 Å². The van der Waals surface area contributed by atoms with Gasteiger partial charge in [-0.05, 0) is 30.3 Å². The van der Waals surface area contributed by atoms with Crippen molar-refractivity contribution in [2.24, 2.45) is 0 Å². The lowest BCUT2D eigenvalue weighted by Gasteiger charge is -2.07. The van der Waals surface area contributed by atoms with Gasteiger partial charge in [0, 0.05) is 23.4 Å². The average Bonchev–Trinajstić information content (AvgIpc) is 2.49. The molecule has 0 aromatic heterocycles. The number of rotatable bonds is 5. The highest BCUT2D eigenvalue weighted by atomic mass is 19.3. The van der Waals surface area contributed by atoms with Crippen LogP contribution in [-0.4, -0.2) is 17.4 Å². The third-order valence-corrected chi connectivity index (χ3v) is 2.66. The highest BCUT2D eigenvalue weighted by Crippen LogP contribution is 2.19. The number of nitro groups is 1. The SMILES string of the molecule is O=C(Nc1ccc(OC(F)F)cc1)c1cccc([N+](=O)[O-])c1. The molecule has 2 rings (SSSR count). The van der Waals surface area contributed by atoms with Crippen molar-refractivity contribution in [3.63, 3.8) is 0 Å². The summed E-state index contributed by atoms with van der Waals surface area (Å²) in [7, 11) is 0. The van der Waals surface area contributed by atoms with Gasteiger partial charge in [-0.15, -0.1) is 0 Å². The van der Waals surface area contributed by atoms with Crippen LogP contribution >= 0.6 is 0 Å². The van der Waals surface area contributed by atoms with Gasteiger partial charge in [0.2, 0.25) is 0 Å². The minimum absolute atomic E-state index is 0.0386. The highest BCUT2D eigenvalue weighted by Gasteiger charge is 2.12. The van der Waals surface area contributed by atoms with Gasteiger partial charge in [0.25, 0.3) is 11.6 Å². The van der Waals surface area contributed by atoms with E-state index in [-0.39, 0.29) is 17.0 Å². The first kappa shape index (κ1) is 15.4. The third kappa shape index (κ3) is 3.98. The Hall–Kier alpha value is -3.03. The number of anilines is 1. The maximum atomic E-state index is 12.0. The Morgan fingerprint density at radius 2 is 1.86 bits per heavy atom. The van der Waals surface area contributed by atoms with Gasteiger partial charge in [-0.1, -0.05) is 6.07 Å². The number of nitrogens with one attached hydrogen (secondary N) is 1. The number of non-ortho nitro benzene ring substituents is 1. The molecule has 0 aliphatic carbocycles. The molecule has 1 amide bonds. The second-order valence-corrected chi connectivity index (χ2v) is 4.16. The number of hydrogen-bond acceptors (Lipinski definition) is 4. The van der Waals surface area contributed by atoms with Crippen LogP contribution in [0.25, 0.3) is 0 Å². The molecule has 0 saturated carbocycles. The normalized spacial score (nSPS) is 10.3. The maximum Gasteiger partial charge on any atom is 0.387 e. The van der Waals surface area contributed by atoms with Crippen LogP contribution < -0.4 is 10.1 Å². The van der Waals surface area contributed by atoms with Crippen molar-refractivity contribution in [1.82, 2.24) is 0 Å². The van der Waals surface area contributed by atoms with E-state index in [1.807, 2.05) is 0 Å². The van der Waals surface area contributed by atoms with Crippen molar-refractivity contribution in [3.8, 4) is 5.75 Å². The molecule has 2 aromatic rings. The quantitative estimate of drug-likeness (QED) is 0.677. The third-order valence-electron chi connectivity index (χ3n) is 2.66. The second kappa shape index (κ2) is 6.61. The molecular formula is C14H10F2N2O4. The zero-order valence-electron chi connectivity index (χ0n) is 11.0. The van der Waals surface area contributed by atoms with Crippen LogP contribution in [0.3, 0.4) is 0 Å². The van der Waals surface area contributed by atoms with Gasteiger partial charge in [0.1, 0.15) is 5.75 Å².